The van der Waals surface area contributed by atoms with Crippen LogP contribution < -0.4 is 4.72 Å². The second-order valence-corrected chi connectivity index (χ2v) is 6.72. The summed E-state index contributed by atoms with van der Waals surface area (Å²) in [5, 5.41) is 1.67. The zero-order valence-electron chi connectivity index (χ0n) is 11.7. The minimum absolute atomic E-state index is 0.133. The van der Waals surface area contributed by atoms with Crippen molar-refractivity contribution in [2.75, 3.05) is 6.54 Å². The smallest absolute Gasteiger partial charge is 0.211 e. The summed E-state index contributed by atoms with van der Waals surface area (Å²) in [6, 6.07) is 13.1. The SMILES string of the molecule is O=S(=O)(C=Cc1ccc(Cl)cc1)NCCc1ccccc1F. The second kappa shape index (κ2) is 7.54. The molecule has 0 saturated heterocycles. The lowest BCUT2D eigenvalue weighted by molar-refractivity contribution is 0.585. The zero-order chi connectivity index (χ0) is 16.0. The monoisotopic (exact) mass is 339 g/mol. The van der Waals surface area contributed by atoms with E-state index in [0.29, 0.717) is 17.0 Å². The van der Waals surface area contributed by atoms with Gasteiger partial charge in [-0.1, -0.05) is 41.9 Å². The highest BCUT2D eigenvalue weighted by molar-refractivity contribution is 7.92. The Balaban J connectivity index is 1.91. The van der Waals surface area contributed by atoms with Crippen LogP contribution in [0, 0.1) is 5.82 Å². The van der Waals surface area contributed by atoms with Crippen molar-refractivity contribution >= 4 is 27.7 Å². The van der Waals surface area contributed by atoms with Gasteiger partial charge in [-0.25, -0.2) is 17.5 Å². The highest BCUT2D eigenvalue weighted by Gasteiger charge is 2.06. The average molecular weight is 340 g/mol. The van der Waals surface area contributed by atoms with Gasteiger partial charge in [0, 0.05) is 17.0 Å². The van der Waals surface area contributed by atoms with Crippen molar-refractivity contribution < 1.29 is 12.8 Å². The fourth-order valence-corrected chi connectivity index (χ4v) is 2.76. The predicted molar refractivity (Wildman–Crippen MR) is 87.5 cm³/mol. The van der Waals surface area contributed by atoms with Crippen LogP contribution in [0.1, 0.15) is 11.1 Å². The molecule has 0 aromatic heterocycles. The molecule has 0 saturated carbocycles. The molecule has 0 amide bonds. The number of halogens is 2. The van der Waals surface area contributed by atoms with Crippen molar-refractivity contribution in [2.24, 2.45) is 0 Å². The van der Waals surface area contributed by atoms with Crippen molar-refractivity contribution in [3.63, 3.8) is 0 Å². The molecule has 0 bridgehead atoms. The van der Waals surface area contributed by atoms with Gasteiger partial charge in [0.15, 0.2) is 0 Å². The molecular formula is C16H15ClFNO2S. The quantitative estimate of drug-likeness (QED) is 0.873. The van der Waals surface area contributed by atoms with Crippen molar-refractivity contribution in [3.8, 4) is 0 Å². The Morgan fingerprint density at radius 1 is 1.09 bits per heavy atom. The summed E-state index contributed by atoms with van der Waals surface area (Å²) in [4.78, 5) is 0. The van der Waals surface area contributed by atoms with E-state index in [2.05, 4.69) is 4.72 Å². The molecule has 2 rings (SSSR count). The van der Waals surface area contributed by atoms with Crippen LogP contribution in [0.15, 0.2) is 53.9 Å². The summed E-state index contributed by atoms with van der Waals surface area (Å²) < 4.78 is 39.5. The fourth-order valence-electron chi connectivity index (χ4n) is 1.82. The highest BCUT2D eigenvalue weighted by Crippen LogP contribution is 2.11. The molecule has 0 unspecified atom stereocenters. The van der Waals surface area contributed by atoms with Gasteiger partial charge in [-0.15, -0.1) is 0 Å². The lowest BCUT2D eigenvalue weighted by Gasteiger charge is -2.04. The van der Waals surface area contributed by atoms with Crippen LogP contribution in [0.25, 0.3) is 6.08 Å². The third-order valence-electron chi connectivity index (χ3n) is 2.97. The molecule has 0 atom stereocenters. The zero-order valence-corrected chi connectivity index (χ0v) is 13.2. The summed E-state index contributed by atoms with van der Waals surface area (Å²) in [6.45, 7) is 0.133. The Bertz CT molecular complexity index is 758. The molecule has 1 N–H and O–H groups in total. The van der Waals surface area contributed by atoms with Crippen LogP contribution in [0.5, 0.6) is 0 Å². The third kappa shape index (κ3) is 5.26. The number of nitrogens with one attached hydrogen (secondary N) is 1. The first-order valence-electron chi connectivity index (χ1n) is 6.63. The summed E-state index contributed by atoms with van der Waals surface area (Å²) in [5.74, 6) is -0.335. The maximum Gasteiger partial charge on any atom is 0.233 e. The van der Waals surface area contributed by atoms with Gasteiger partial charge < -0.3 is 0 Å². The molecule has 2 aromatic carbocycles. The van der Waals surface area contributed by atoms with Crippen molar-refractivity contribution in [3.05, 3.63) is 75.9 Å². The minimum Gasteiger partial charge on any atom is -0.211 e. The number of sulfonamides is 1. The molecule has 2 aromatic rings. The van der Waals surface area contributed by atoms with Crippen LogP contribution >= 0.6 is 11.6 Å². The summed E-state index contributed by atoms with van der Waals surface area (Å²) >= 11 is 5.76. The normalized spacial score (nSPS) is 11.9. The molecule has 0 heterocycles. The Labute approximate surface area is 134 Å². The van der Waals surface area contributed by atoms with E-state index in [1.165, 1.54) is 12.1 Å². The Kier molecular flexibility index (Phi) is 5.71. The molecule has 0 aliphatic heterocycles. The number of benzene rings is 2. The number of hydrogen-bond acceptors (Lipinski definition) is 2. The highest BCUT2D eigenvalue weighted by atomic mass is 35.5. The first-order chi connectivity index (χ1) is 10.5. The molecule has 0 aliphatic rings. The molecule has 22 heavy (non-hydrogen) atoms. The lowest BCUT2D eigenvalue weighted by atomic mass is 10.1. The van der Waals surface area contributed by atoms with Crippen molar-refractivity contribution in [2.45, 2.75) is 6.42 Å². The maximum atomic E-state index is 13.4. The van der Waals surface area contributed by atoms with E-state index in [1.54, 1.807) is 42.5 Å². The van der Waals surface area contributed by atoms with Gasteiger partial charge in [-0.05, 0) is 41.8 Å². The standard InChI is InChI=1S/C16H15ClFNO2S/c17-15-7-5-13(6-8-15)10-12-22(20,21)19-11-9-14-3-1-2-4-16(14)18/h1-8,10,12,19H,9,11H2. The maximum absolute atomic E-state index is 13.4. The van der Waals surface area contributed by atoms with E-state index in [9.17, 15) is 12.8 Å². The van der Waals surface area contributed by atoms with Crippen LogP contribution in [-0.4, -0.2) is 15.0 Å². The topological polar surface area (TPSA) is 46.2 Å². The second-order valence-electron chi connectivity index (χ2n) is 4.64. The van der Waals surface area contributed by atoms with Gasteiger partial charge in [0.25, 0.3) is 0 Å². The molecule has 6 heteroatoms. The van der Waals surface area contributed by atoms with Gasteiger partial charge in [0.05, 0.1) is 0 Å². The van der Waals surface area contributed by atoms with Gasteiger partial charge in [-0.3, -0.25) is 0 Å². The first kappa shape index (κ1) is 16.7. The van der Waals surface area contributed by atoms with Gasteiger partial charge >= 0.3 is 0 Å². The third-order valence-corrected chi connectivity index (χ3v) is 4.32. The van der Waals surface area contributed by atoms with E-state index in [-0.39, 0.29) is 12.4 Å². The van der Waals surface area contributed by atoms with E-state index in [0.717, 1.165) is 11.0 Å². The Morgan fingerprint density at radius 2 is 1.77 bits per heavy atom. The Morgan fingerprint density at radius 3 is 2.45 bits per heavy atom. The predicted octanol–water partition coefficient (Wildman–Crippen LogP) is 3.61. The van der Waals surface area contributed by atoms with Gasteiger partial charge in [-0.2, -0.15) is 0 Å². The molecule has 3 nitrogen and oxygen atoms in total. The van der Waals surface area contributed by atoms with Gasteiger partial charge in [0.2, 0.25) is 10.0 Å². The van der Waals surface area contributed by atoms with E-state index in [1.807, 2.05) is 0 Å². The summed E-state index contributed by atoms with van der Waals surface area (Å²) in [6.07, 6.45) is 1.77. The Hall–Kier alpha value is -1.69. The molecule has 0 fully saturated rings. The average Bonchev–Trinajstić information content (AvgIpc) is 2.49. The van der Waals surface area contributed by atoms with Crippen LogP contribution in [0.3, 0.4) is 0 Å². The van der Waals surface area contributed by atoms with E-state index >= 15 is 0 Å². The van der Waals surface area contributed by atoms with Crippen LogP contribution in [0.2, 0.25) is 5.02 Å². The molecular weight excluding hydrogens is 325 g/mol. The molecule has 116 valence electrons. The number of hydrogen-bond donors (Lipinski definition) is 1. The van der Waals surface area contributed by atoms with Crippen LogP contribution in [0.4, 0.5) is 4.39 Å². The van der Waals surface area contributed by atoms with E-state index < -0.39 is 10.0 Å². The lowest BCUT2D eigenvalue weighted by Crippen LogP contribution is -2.23. The molecule has 0 aliphatic carbocycles. The first-order valence-corrected chi connectivity index (χ1v) is 8.55. The van der Waals surface area contributed by atoms with Crippen LogP contribution in [-0.2, 0) is 16.4 Å². The summed E-state index contributed by atoms with van der Waals surface area (Å²) in [7, 11) is -3.56. The largest absolute Gasteiger partial charge is 0.233 e. The minimum atomic E-state index is -3.56. The summed E-state index contributed by atoms with van der Waals surface area (Å²) in [5.41, 5.74) is 1.20. The molecule has 0 radical (unpaired) electrons. The van der Waals surface area contributed by atoms with E-state index in [4.69, 9.17) is 11.6 Å². The van der Waals surface area contributed by atoms with Gasteiger partial charge in [0.1, 0.15) is 5.82 Å². The number of rotatable bonds is 6. The van der Waals surface area contributed by atoms with Crippen molar-refractivity contribution in [1.82, 2.24) is 4.72 Å². The molecule has 0 spiro atoms. The van der Waals surface area contributed by atoms with Crippen molar-refractivity contribution in [1.29, 1.82) is 0 Å². The fraction of sp³-hybridized carbons (Fsp3) is 0.125.